The lowest BCUT2D eigenvalue weighted by molar-refractivity contribution is -0.137. The summed E-state index contributed by atoms with van der Waals surface area (Å²) in [6, 6.07) is 5.13. The molecule has 5 nitrogen and oxygen atoms in total. The fourth-order valence-electron chi connectivity index (χ4n) is 1.80. The van der Waals surface area contributed by atoms with Gasteiger partial charge < -0.3 is 9.67 Å². The van der Waals surface area contributed by atoms with E-state index in [0.29, 0.717) is 13.0 Å². The van der Waals surface area contributed by atoms with E-state index in [1.165, 1.54) is 10.6 Å². The second-order valence-electron chi connectivity index (χ2n) is 4.39. The lowest BCUT2D eigenvalue weighted by Crippen LogP contribution is -2.26. The van der Waals surface area contributed by atoms with Crippen molar-refractivity contribution < 1.29 is 9.90 Å². The molecule has 18 heavy (non-hydrogen) atoms. The van der Waals surface area contributed by atoms with Gasteiger partial charge in [0.2, 0.25) is 0 Å². The van der Waals surface area contributed by atoms with Gasteiger partial charge in [-0.3, -0.25) is 9.59 Å². The summed E-state index contributed by atoms with van der Waals surface area (Å²) in [6.45, 7) is 4.23. The molecule has 0 unspecified atom stereocenters. The van der Waals surface area contributed by atoms with Crippen LogP contribution < -0.4 is 5.56 Å². The third-order valence-corrected chi connectivity index (χ3v) is 2.69. The predicted molar refractivity (Wildman–Crippen MR) is 66.4 cm³/mol. The van der Waals surface area contributed by atoms with Crippen LogP contribution in [0.15, 0.2) is 16.9 Å². The number of aliphatic carboxylic acids is 1. The molecule has 1 aromatic rings. The topological polar surface area (TPSA) is 83.1 Å². The van der Waals surface area contributed by atoms with Crippen LogP contribution in [0.2, 0.25) is 0 Å². The number of carbonyl (C=O) groups is 1. The van der Waals surface area contributed by atoms with Crippen molar-refractivity contribution in [2.75, 3.05) is 0 Å². The molecule has 1 rings (SSSR count). The van der Waals surface area contributed by atoms with Gasteiger partial charge in [-0.25, -0.2) is 0 Å². The van der Waals surface area contributed by atoms with Crippen LogP contribution in [0.25, 0.3) is 0 Å². The minimum Gasteiger partial charge on any atom is -0.481 e. The molecule has 0 fully saturated rings. The van der Waals surface area contributed by atoms with Crippen molar-refractivity contribution in [3.63, 3.8) is 0 Å². The zero-order valence-electron chi connectivity index (χ0n) is 10.5. The van der Waals surface area contributed by atoms with Gasteiger partial charge in [0.25, 0.3) is 5.56 Å². The van der Waals surface area contributed by atoms with Crippen molar-refractivity contribution in [2.24, 2.45) is 0 Å². The van der Waals surface area contributed by atoms with E-state index in [4.69, 9.17) is 10.4 Å². The molecule has 0 atom stereocenters. The van der Waals surface area contributed by atoms with Crippen molar-refractivity contribution in [2.45, 2.75) is 39.2 Å². The Kier molecular flexibility index (Phi) is 4.67. The van der Waals surface area contributed by atoms with Gasteiger partial charge in [0.1, 0.15) is 11.6 Å². The second-order valence-corrected chi connectivity index (χ2v) is 4.39. The Morgan fingerprint density at radius 2 is 2.17 bits per heavy atom. The minimum atomic E-state index is -0.884. The third kappa shape index (κ3) is 3.20. The number of carboxylic acids is 1. The second kappa shape index (κ2) is 6.01. The maximum atomic E-state index is 12.0. The quantitative estimate of drug-likeness (QED) is 0.859. The average Bonchev–Trinajstić information content (AvgIpc) is 2.30. The Hall–Kier alpha value is -2.09. The number of hydrogen-bond donors (Lipinski definition) is 1. The molecule has 0 bridgehead atoms. The Bertz CT molecular complexity index is 538. The van der Waals surface area contributed by atoms with Crippen LogP contribution >= 0.6 is 0 Å². The summed E-state index contributed by atoms with van der Waals surface area (Å²) in [4.78, 5) is 22.5. The van der Waals surface area contributed by atoms with E-state index in [-0.39, 0.29) is 23.5 Å². The molecule has 0 aromatic carbocycles. The van der Waals surface area contributed by atoms with Crippen molar-refractivity contribution in [1.82, 2.24) is 4.57 Å². The molecule has 0 saturated heterocycles. The molecular weight excluding hydrogens is 232 g/mol. The zero-order chi connectivity index (χ0) is 13.7. The number of rotatable bonds is 5. The van der Waals surface area contributed by atoms with Crippen LogP contribution in [0.5, 0.6) is 0 Å². The number of aromatic nitrogens is 1. The number of hydrogen-bond acceptors (Lipinski definition) is 3. The molecule has 5 heteroatoms. The monoisotopic (exact) mass is 248 g/mol. The van der Waals surface area contributed by atoms with E-state index >= 15 is 0 Å². The van der Waals surface area contributed by atoms with Gasteiger partial charge in [0, 0.05) is 18.7 Å². The molecule has 96 valence electrons. The summed E-state index contributed by atoms with van der Waals surface area (Å²) < 4.78 is 1.51. The summed E-state index contributed by atoms with van der Waals surface area (Å²) in [6.07, 6.45) is 0.393. The van der Waals surface area contributed by atoms with Crippen LogP contribution in [-0.2, 0) is 11.3 Å². The Morgan fingerprint density at radius 1 is 1.50 bits per heavy atom. The van der Waals surface area contributed by atoms with Crippen LogP contribution in [0.4, 0.5) is 0 Å². The number of nitrogens with zero attached hydrogens (tertiary/aromatic N) is 2. The lowest BCUT2D eigenvalue weighted by Gasteiger charge is -2.15. The van der Waals surface area contributed by atoms with Gasteiger partial charge >= 0.3 is 5.97 Å². The fraction of sp³-hybridized carbons (Fsp3) is 0.462. The van der Waals surface area contributed by atoms with Crippen molar-refractivity contribution in [1.29, 1.82) is 5.26 Å². The molecule has 0 spiro atoms. The molecule has 0 aliphatic carbocycles. The van der Waals surface area contributed by atoms with E-state index in [2.05, 4.69) is 0 Å². The van der Waals surface area contributed by atoms with Gasteiger partial charge in [-0.2, -0.15) is 5.26 Å². The highest BCUT2D eigenvalue weighted by molar-refractivity contribution is 5.66. The van der Waals surface area contributed by atoms with Gasteiger partial charge in [-0.05, 0) is 24.5 Å². The van der Waals surface area contributed by atoms with Crippen LogP contribution in [0.3, 0.4) is 0 Å². The maximum absolute atomic E-state index is 12.0. The van der Waals surface area contributed by atoms with Gasteiger partial charge in [-0.1, -0.05) is 13.8 Å². The molecule has 0 amide bonds. The highest BCUT2D eigenvalue weighted by Crippen LogP contribution is 2.13. The number of pyridine rings is 1. The van der Waals surface area contributed by atoms with E-state index in [0.717, 1.165) is 5.69 Å². The molecule has 0 saturated carbocycles. The van der Waals surface area contributed by atoms with E-state index in [1.54, 1.807) is 6.07 Å². The van der Waals surface area contributed by atoms with E-state index in [1.807, 2.05) is 19.9 Å². The largest absolute Gasteiger partial charge is 0.481 e. The number of carboxylic acid groups (broad SMARTS) is 1. The molecule has 1 heterocycles. The maximum Gasteiger partial charge on any atom is 0.303 e. The summed E-state index contributed by atoms with van der Waals surface area (Å²) in [5, 5.41) is 17.4. The fourth-order valence-corrected chi connectivity index (χ4v) is 1.80. The standard InChI is InChI=1S/C13H16N2O3/c1-9(2)11-6-5-10(8-14)13(18)15(11)7-3-4-12(16)17/h5-6,9H,3-4,7H2,1-2H3,(H,16,17). The number of nitriles is 1. The van der Waals surface area contributed by atoms with Crippen LogP contribution in [0, 0.1) is 11.3 Å². The van der Waals surface area contributed by atoms with Gasteiger partial charge in [0.15, 0.2) is 0 Å². The Labute approximate surface area is 105 Å². The first-order valence-electron chi connectivity index (χ1n) is 5.83. The minimum absolute atomic E-state index is 0.0146. The summed E-state index contributed by atoms with van der Waals surface area (Å²) in [5.74, 6) is -0.735. The molecule has 1 N–H and O–H groups in total. The molecule has 0 radical (unpaired) electrons. The summed E-state index contributed by atoms with van der Waals surface area (Å²) in [7, 11) is 0. The Morgan fingerprint density at radius 3 is 2.67 bits per heavy atom. The normalized spacial score (nSPS) is 10.3. The summed E-state index contributed by atoms with van der Waals surface area (Å²) in [5.41, 5.74) is 0.577. The molecular formula is C13H16N2O3. The van der Waals surface area contributed by atoms with Gasteiger partial charge in [0.05, 0.1) is 0 Å². The lowest BCUT2D eigenvalue weighted by atomic mass is 10.1. The van der Waals surface area contributed by atoms with Crippen molar-refractivity contribution in [3.8, 4) is 6.07 Å². The van der Waals surface area contributed by atoms with Gasteiger partial charge in [-0.15, -0.1) is 0 Å². The highest BCUT2D eigenvalue weighted by atomic mass is 16.4. The first-order valence-corrected chi connectivity index (χ1v) is 5.83. The molecule has 0 aliphatic rings. The van der Waals surface area contributed by atoms with Crippen molar-refractivity contribution in [3.05, 3.63) is 33.7 Å². The predicted octanol–water partition coefficient (Wildman–Crippen LogP) is 1.71. The van der Waals surface area contributed by atoms with Crippen LogP contribution in [-0.4, -0.2) is 15.6 Å². The smallest absolute Gasteiger partial charge is 0.303 e. The van der Waals surface area contributed by atoms with E-state index in [9.17, 15) is 9.59 Å². The molecule has 0 aliphatic heterocycles. The van der Waals surface area contributed by atoms with Crippen LogP contribution in [0.1, 0.15) is 43.9 Å². The summed E-state index contributed by atoms with van der Waals surface area (Å²) >= 11 is 0. The average molecular weight is 248 g/mol. The highest BCUT2D eigenvalue weighted by Gasteiger charge is 2.11. The SMILES string of the molecule is CC(C)c1ccc(C#N)c(=O)n1CCCC(=O)O. The first-order chi connectivity index (χ1) is 8.47. The Balaban J connectivity index is 3.09. The zero-order valence-corrected chi connectivity index (χ0v) is 10.5. The van der Waals surface area contributed by atoms with E-state index < -0.39 is 5.97 Å². The first kappa shape index (κ1) is 14.0. The van der Waals surface area contributed by atoms with Crippen molar-refractivity contribution >= 4 is 5.97 Å². The molecule has 1 aromatic heterocycles. The third-order valence-electron chi connectivity index (χ3n) is 2.69.